The maximum absolute atomic E-state index is 3.18. The molecule has 0 spiro atoms. The minimum Gasteiger partial charge on any atom is -0.147 e. The molecule has 2 heteroatoms. The van der Waals surface area contributed by atoms with E-state index >= 15 is 0 Å². The molecule has 3 rings (SSSR count). The summed E-state index contributed by atoms with van der Waals surface area (Å²) in [5.74, 6) is 0.401. The van der Waals surface area contributed by atoms with Crippen molar-refractivity contribution in [2.75, 3.05) is 0 Å². The number of benzene rings is 3. The molecule has 0 aliphatic rings. The average molecular weight is 355 g/mol. The summed E-state index contributed by atoms with van der Waals surface area (Å²) in [5, 5.41) is -0.126. The van der Waals surface area contributed by atoms with Gasteiger partial charge < -0.3 is 0 Å². The second-order valence-corrected chi connectivity index (χ2v) is 6.88. The molecule has 3 aromatic carbocycles. The third kappa shape index (κ3) is 3.56. The van der Waals surface area contributed by atoms with E-state index in [9.17, 15) is 0 Å². The van der Waals surface area contributed by atoms with E-state index in [-0.39, 0.29) is 17.6 Å². The third-order valence-electron chi connectivity index (χ3n) is 4.66. The Kier molecular flexibility index (Phi) is 6.60. The Morgan fingerprint density at radius 2 is 1.08 bits per heavy atom. The molecule has 24 heavy (non-hydrogen) atoms. The largest absolute Gasteiger partial charge is 0.147 e. The highest BCUT2D eigenvalue weighted by molar-refractivity contribution is 7.19. The zero-order valence-corrected chi connectivity index (χ0v) is 15.9. The maximum Gasteiger partial charge on any atom is 0.0412 e. The van der Waals surface area contributed by atoms with E-state index < -0.39 is 0 Å². The number of halogens is 1. The normalized spacial score (nSPS) is 12.2. The Hall–Kier alpha value is -1.62. The second kappa shape index (κ2) is 8.47. The fourth-order valence-electron chi connectivity index (χ4n) is 3.50. The summed E-state index contributed by atoms with van der Waals surface area (Å²) in [4.78, 5) is 0. The van der Waals surface area contributed by atoms with Crippen molar-refractivity contribution in [1.82, 2.24) is 0 Å². The smallest absolute Gasteiger partial charge is 0.0412 e. The van der Waals surface area contributed by atoms with Gasteiger partial charge in [-0.2, -0.15) is 0 Å². The lowest BCUT2D eigenvalue weighted by Crippen LogP contribution is -2.28. The molecule has 0 bridgehead atoms. The highest BCUT2D eigenvalue weighted by atomic mass is 35.5. The minimum absolute atomic E-state index is 0. The zero-order valence-electron chi connectivity index (χ0n) is 13.9. The van der Waals surface area contributed by atoms with Gasteiger partial charge in [0.1, 0.15) is 0 Å². The van der Waals surface area contributed by atoms with Gasteiger partial charge in [-0.25, -0.2) is 0 Å². The molecule has 124 valence electrons. The average Bonchev–Trinajstić information content (AvgIpc) is 2.64. The molecule has 0 N–H and O–H groups in total. The van der Waals surface area contributed by atoms with Crippen LogP contribution in [0, 0.1) is 0 Å². The first kappa shape index (κ1) is 18.7. The molecular weight excluding hydrogens is 331 g/mol. The molecule has 0 aliphatic heterocycles. The summed E-state index contributed by atoms with van der Waals surface area (Å²) in [6.45, 7) is 2.28. The van der Waals surface area contributed by atoms with E-state index in [0.29, 0.717) is 5.92 Å². The minimum atomic E-state index is -0.126. The lowest BCUT2D eigenvalue weighted by atomic mass is 9.75. The fraction of sp³-hybridized carbons (Fsp3) is 0.182. The van der Waals surface area contributed by atoms with Crippen LogP contribution >= 0.6 is 21.6 Å². The first-order valence-corrected chi connectivity index (χ1v) is 8.79. The van der Waals surface area contributed by atoms with Crippen LogP contribution in [0.5, 0.6) is 0 Å². The molecular formula is C22H24ClP. The lowest BCUT2D eigenvalue weighted by molar-refractivity contribution is 0.542. The van der Waals surface area contributed by atoms with E-state index in [1.54, 1.807) is 0 Å². The van der Waals surface area contributed by atoms with Gasteiger partial charge in [-0.15, -0.1) is 21.6 Å². The van der Waals surface area contributed by atoms with Crippen LogP contribution in [-0.2, 0) is 5.16 Å². The summed E-state index contributed by atoms with van der Waals surface area (Å²) in [6.07, 6.45) is 1.08. The van der Waals surface area contributed by atoms with E-state index in [4.69, 9.17) is 0 Å². The van der Waals surface area contributed by atoms with Gasteiger partial charge in [-0.05, 0) is 23.1 Å². The Bertz CT molecular complexity index is 686. The van der Waals surface area contributed by atoms with Crippen molar-refractivity contribution >= 4 is 21.6 Å². The van der Waals surface area contributed by atoms with Gasteiger partial charge in [-0.1, -0.05) is 97.9 Å². The Balaban J connectivity index is 0.00000208. The van der Waals surface area contributed by atoms with Crippen LogP contribution in [0.25, 0.3) is 0 Å². The molecule has 3 aromatic rings. The van der Waals surface area contributed by atoms with Crippen molar-refractivity contribution in [3.05, 3.63) is 108 Å². The Labute approximate surface area is 153 Å². The van der Waals surface area contributed by atoms with Crippen molar-refractivity contribution < 1.29 is 0 Å². The molecule has 0 aliphatic carbocycles. The van der Waals surface area contributed by atoms with Gasteiger partial charge in [0, 0.05) is 11.1 Å². The highest BCUT2D eigenvalue weighted by Gasteiger charge is 2.37. The summed E-state index contributed by atoms with van der Waals surface area (Å²) in [6, 6.07) is 32.5. The van der Waals surface area contributed by atoms with Gasteiger partial charge in [0.15, 0.2) is 0 Å². The SMILES string of the molecule is CCC(c1ccccc1)C(P)(c1ccccc1)c1ccccc1.Cl. The van der Waals surface area contributed by atoms with Crippen molar-refractivity contribution in [1.29, 1.82) is 0 Å². The van der Waals surface area contributed by atoms with Gasteiger partial charge >= 0.3 is 0 Å². The Morgan fingerprint density at radius 1 is 0.708 bits per heavy atom. The first-order chi connectivity index (χ1) is 11.3. The number of hydrogen-bond acceptors (Lipinski definition) is 0. The maximum atomic E-state index is 3.18. The molecule has 0 saturated heterocycles. The summed E-state index contributed by atoms with van der Waals surface area (Å²) >= 11 is 0. The van der Waals surface area contributed by atoms with Crippen LogP contribution in [0.15, 0.2) is 91.0 Å². The third-order valence-corrected chi connectivity index (χ3v) is 5.73. The van der Waals surface area contributed by atoms with Crippen LogP contribution in [0.2, 0.25) is 0 Å². The molecule has 0 nitrogen and oxygen atoms in total. The van der Waals surface area contributed by atoms with Crippen LogP contribution in [0.3, 0.4) is 0 Å². The van der Waals surface area contributed by atoms with E-state index in [1.807, 2.05) is 0 Å². The van der Waals surface area contributed by atoms with Gasteiger partial charge in [0.05, 0.1) is 0 Å². The predicted molar refractivity (Wildman–Crippen MR) is 110 cm³/mol. The molecule has 0 radical (unpaired) electrons. The molecule has 0 fully saturated rings. The molecule has 2 unspecified atom stereocenters. The molecule has 0 amide bonds. The van der Waals surface area contributed by atoms with Crippen LogP contribution in [-0.4, -0.2) is 0 Å². The highest BCUT2D eigenvalue weighted by Crippen LogP contribution is 2.51. The molecule has 0 saturated carbocycles. The quantitative estimate of drug-likeness (QED) is 0.464. The van der Waals surface area contributed by atoms with Crippen LogP contribution in [0.1, 0.15) is 36.0 Å². The molecule has 0 aromatic heterocycles. The van der Waals surface area contributed by atoms with Gasteiger partial charge in [0.2, 0.25) is 0 Å². The van der Waals surface area contributed by atoms with E-state index in [1.165, 1.54) is 16.7 Å². The number of rotatable bonds is 5. The van der Waals surface area contributed by atoms with Crippen LogP contribution in [0.4, 0.5) is 0 Å². The zero-order chi connectivity index (χ0) is 16.1. The first-order valence-electron chi connectivity index (χ1n) is 8.21. The van der Waals surface area contributed by atoms with Crippen LogP contribution < -0.4 is 0 Å². The van der Waals surface area contributed by atoms with Gasteiger partial charge in [0.25, 0.3) is 0 Å². The lowest BCUT2D eigenvalue weighted by Gasteiger charge is -2.39. The summed E-state index contributed by atoms with van der Waals surface area (Å²) in [7, 11) is 3.18. The van der Waals surface area contributed by atoms with Crippen molar-refractivity contribution in [2.45, 2.75) is 24.4 Å². The van der Waals surface area contributed by atoms with Crippen molar-refractivity contribution in [2.24, 2.45) is 0 Å². The van der Waals surface area contributed by atoms with Crippen molar-refractivity contribution in [3.63, 3.8) is 0 Å². The fourth-order valence-corrected chi connectivity index (χ4v) is 4.32. The van der Waals surface area contributed by atoms with Crippen molar-refractivity contribution in [3.8, 4) is 0 Å². The standard InChI is InChI=1S/C22H23P.ClH/c1-2-21(18-12-6-3-7-13-18)22(23,19-14-8-4-9-15-19)20-16-10-5-11-17-20;/h3-17,21H,2,23H2,1H3;1H. The summed E-state index contributed by atoms with van der Waals surface area (Å²) in [5.41, 5.74) is 4.07. The topological polar surface area (TPSA) is 0 Å². The molecule has 2 atom stereocenters. The summed E-state index contributed by atoms with van der Waals surface area (Å²) < 4.78 is 0. The Morgan fingerprint density at radius 3 is 1.46 bits per heavy atom. The predicted octanol–water partition coefficient (Wildman–Crippen LogP) is 6.42. The molecule has 0 heterocycles. The van der Waals surface area contributed by atoms with E-state index in [2.05, 4.69) is 107 Å². The van der Waals surface area contributed by atoms with Gasteiger partial charge in [-0.3, -0.25) is 0 Å². The second-order valence-electron chi connectivity index (χ2n) is 5.97. The monoisotopic (exact) mass is 354 g/mol. The van der Waals surface area contributed by atoms with E-state index in [0.717, 1.165) is 6.42 Å². The number of hydrogen-bond donors (Lipinski definition) is 0.